The van der Waals surface area contributed by atoms with Crippen LogP contribution in [0, 0.1) is 0 Å². The first-order valence-corrected chi connectivity index (χ1v) is 8.14. The molecular weight excluding hydrogens is 288 g/mol. The summed E-state index contributed by atoms with van der Waals surface area (Å²) in [4.78, 5) is 23.7. The molecule has 5 nitrogen and oxygen atoms in total. The quantitative estimate of drug-likeness (QED) is 0.699. The summed E-state index contributed by atoms with van der Waals surface area (Å²) in [6.45, 7) is 0. The number of esters is 1. The Morgan fingerprint density at radius 2 is 2.00 bits per heavy atom. The number of carbonyl (C=O) groups excluding carboxylic acids is 2. The van der Waals surface area contributed by atoms with Gasteiger partial charge in [0.1, 0.15) is 6.04 Å². The Morgan fingerprint density at radius 3 is 2.57 bits per heavy atom. The largest absolute Gasteiger partial charge is 0.467 e. The van der Waals surface area contributed by atoms with Crippen LogP contribution < -0.4 is 11.1 Å². The molecule has 1 rings (SSSR count). The highest BCUT2D eigenvalue weighted by Gasteiger charge is 2.24. The lowest BCUT2D eigenvalue weighted by atomic mass is 10.1. The number of rotatable bonds is 8. The number of methoxy groups -OCH3 is 1. The molecule has 1 aromatic carbocycles. The minimum atomic E-state index is -0.686. The van der Waals surface area contributed by atoms with E-state index in [0.29, 0.717) is 12.8 Å². The highest BCUT2D eigenvalue weighted by atomic mass is 32.2. The predicted molar refractivity (Wildman–Crippen MR) is 85.1 cm³/mol. The highest BCUT2D eigenvalue weighted by Crippen LogP contribution is 2.05. The van der Waals surface area contributed by atoms with E-state index in [1.54, 1.807) is 11.8 Å². The van der Waals surface area contributed by atoms with Gasteiger partial charge in [0, 0.05) is 0 Å². The third kappa shape index (κ3) is 6.18. The fourth-order valence-electron chi connectivity index (χ4n) is 1.87. The maximum atomic E-state index is 12.1. The molecule has 0 saturated heterocycles. The first-order chi connectivity index (χ1) is 10.1. The number of carbonyl (C=O) groups is 2. The second kappa shape index (κ2) is 9.41. The summed E-state index contributed by atoms with van der Waals surface area (Å²) in [5.41, 5.74) is 6.88. The minimum Gasteiger partial charge on any atom is -0.467 e. The Labute approximate surface area is 129 Å². The number of hydrogen-bond acceptors (Lipinski definition) is 5. The van der Waals surface area contributed by atoms with E-state index < -0.39 is 18.1 Å². The van der Waals surface area contributed by atoms with E-state index in [9.17, 15) is 9.59 Å². The van der Waals surface area contributed by atoms with E-state index >= 15 is 0 Å². The number of nitrogens with two attached hydrogens (primary N) is 1. The average Bonchev–Trinajstić information content (AvgIpc) is 2.51. The Hall–Kier alpha value is -1.53. The summed E-state index contributed by atoms with van der Waals surface area (Å²) >= 11 is 1.61. The second-order valence-electron chi connectivity index (χ2n) is 4.66. The van der Waals surface area contributed by atoms with Crippen molar-refractivity contribution in [2.45, 2.75) is 24.9 Å². The van der Waals surface area contributed by atoms with E-state index in [4.69, 9.17) is 10.5 Å². The van der Waals surface area contributed by atoms with Crippen LogP contribution in [0.3, 0.4) is 0 Å². The molecular formula is C15H22N2O3S. The Morgan fingerprint density at radius 1 is 1.33 bits per heavy atom. The molecule has 3 N–H and O–H groups in total. The minimum absolute atomic E-state index is 0.338. The van der Waals surface area contributed by atoms with Crippen molar-refractivity contribution in [3.05, 3.63) is 35.9 Å². The van der Waals surface area contributed by atoms with Gasteiger partial charge in [0.25, 0.3) is 0 Å². The van der Waals surface area contributed by atoms with Gasteiger partial charge in [-0.2, -0.15) is 11.8 Å². The van der Waals surface area contributed by atoms with Gasteiger partial charge in [-0.25, -0.2) is 4.79 Å². The molecule has 0 unspecified atom stereocenters. The van der Waals surface area contributed by atoms with Crippen molar-refractivity contribution in [2.75, 3.05) is 19.1 Å². The van der Waals surface area contributed by atoms with Gasteiger partial charge in [-0.3, -0.25) is 4.79 Å². The van der Waals surface area contributed by atoms with E-state index in [0.717, 1.165) is 11.3 Å². The molecule has 0 heterocycles. The molecule has 0 bridgehead atoms. The average molecular weight is 310 g/mol. The predicted octanol–water partition coefficient (Wildman–Crippen LogP) is 0.967. The van der Waals surface area contributed by atoms with Crippen LogP contribution in [0.25, 0.3) is 0 Å². The number of thioether (sulfide) groups is 1. The number of ether oxygens (including phenoxy) is 1. The van der Waals surface area contributed by atoms with Crippen LogP contribution in [0.1, 0.15) is 12.0 Å². The molecule has 0 radical (unpaired) electrons. The van der Waals surface area contributed by atoms with Crippen LogP contribution in [0.4, 0.5) is 0 Å². The standard InChI is InChI=1S/C15H22N2O3S/c1-20-15(19)13(8-9-21-2)17-14(18)12(16)10-11-6-4-3-5-7-11/h3-7,12-13H,8-10,16H2,1-2H3,(H,17,18)/t12-,13-/m0/s1. The highest BCUT2D eigenvalue weighted by molar-refractivity contribution is 7.98. The first-order valence-electron chi connectivity index (χ1n) is 6.75. The van der Waals surface area contributed by atoms with E-state index in [1.807, 2.05) is 36.6 Å². The monoisotopic (exact) mass is 310 g/mol. The lowest BCUT2D eigenvalue weighted by molar-refractivity contribution is -0.145. The number of nitrogens with one attached hydrogen (secondary N) is 1. The zero-order valence-electron chi connectivity index (χ0n) is 12.4. The Bertz CT molecular complexity index is 453. The van der Waals surface area contributed by atoms with Crippen molar-refractivity contribution in [3.63, 3.8) is 0 Å². The van der Waals surface area contributed by atoms with Gasteiger partial charge in [0.2, 0.25) is 5.91 Å². The third-order valence-corrected chi connectivity index (χ3v) is 3.69. The van der Waals surface area contributed by atoms with Gasteiger partial charge in [0.15, 0.2) is 0 Å². The number of hydrogen-bond donors (Lipinski definition) is 2. The van der Waals surface area contributed by atoms with Crippen LogP contribution >= 0.6 is 11.8 Å². The van der Waals surface area contributed by atoms with Crippen LogP contribution in [0.2, 0.25) is 0 Å². The molecule has 0 saturated carbocycles. The zero-order valence-corrected chi connectivity index (χ0v) is 13.2. The molecule has 1 amide bonds. The summed E-state index contributed by atoms with van der Waals surface area (Å²) in [5, 5.41) is 2.67. The molecule has 1 aromatic rings. The summed E-state index contributed by atoms with van der Waals surface area (Å²) in [6, 6.07) is 8.21. The fraction of sp³-hybridized carbons (Fsp3) is 0.467. The molecule has 21 heavy (non-hydrogen) atoms. The molecule has 0 spiro atoms. The van der Waals surface area contributed by atoms with E-state index in [-0.39, 0.29) is 5.91 Å². The van der Waals surface area contributed by atoms with Crippen LogP contribution in [0.15, 0.2) is 30.3 Å². The van der Waals surface area contributed by atoms with Gasteiger partial charge in [0.05, 0.1) is 13.2 Å². The molecule has 0 aliphatic heterocycles. The first kappa shape index (κ1) is 17.5. The summed E-state index contributed by atoms with van der Waals surface area (Å²) in [6.07, 6.45) is 2.90. The van der Waals surface area contributed by atoms with Gasteiger partial charge in [-0.1, -0.05) is 30.3 Å². The topological polar surface area (TPSA) is 81.4 Å². The van der Waals surface area contributed by atoms with Crippen LogP contribution in [0.5, 0.6) is 0 Å². The molecule has 6 heteroatoms. The van der Waals surface area contributed by atoms with Gasteiger partial charge in [-0.15, -0.1) is 0 Å². The lowest BCUT2D eigenvalue weighted by Crippen LogP contribution is -2.49. The summed E-state index contributed by atoms with van der Waals surface area (Å²) in [7, 11) is 1.31. The molecule has 116 valence electrons. The smallest absolute Gasteiger partial charge is 0.328 e. The maximum Gasteiger partial charge on any atom is 0.328 e. The fourth-order valence-corrected chi connectivity index (χ4v) is 2.34. The zero-order chi connectivity index (χ0) is 15.7. The molecule has 0 aliphatic carbocycles. The van der Waals surface area contributed by atoms with Crippen LogP contribution in [-0.4, -0.2) is 43.1 Å². The Balaban J connectivity index is 2.57. The van der Waals surface area contributed by atoms with Crippen molar-refractivity contribution in [1.29, 1.82) is 0 Å². The van der Waals surface area contributed by atoms with Crippen molar-refractivity contribution >= 4 is 23.6 Å². The van der Waals surface area contributed by atoms with Gasteiger partial charge in [-0.05, 0) is 30.4 Å². The number of amides is 1. The van der Waals surface area contributed by atoms with E-state index in [1.165, 1.54) is 7.11 Å². The van der Waals surface area contributed by atoms with Crippen molar-refractivity contribution in [2.24, 2.45) is 5.73 Å². The third-order valence-electron chi connectivity index (χ3n) is 3.05. The van der Waals surface area contributed by atoms with Gasteiger partial charge >= 0.3 is 5.97 Å². The van der Waals surface area contributed by atoms with Crippen molar-refractivity contribution in [1.82, 2.24) is 5.32 Å². The molecule has 2 atom stereocenters. The maximum absolute atomic E-state index is 12.1. The molecule has 0 fully saturated rings. The SMILES string of the molecule is COC(=O)[C@H](CCSC)NC(=O)[C@@H](N)Cc1ccccc1. The normalized spacial score (nSPS) is 13.3. The molecule has 0 aliphatic rings. The van der Waals surface area contributed by atoms with Crippen molar-refractivity contribution < 1.29 is 14.3 Å². The van der Waals surface area contributed by atoms with Crippen molar-refractivity contribution in [3.8, 4) is 0 Å². The van der Waals surface area contributed by atoms with E-state index in [2.05, 4.69) is 5.32 Å². The summed E-state index contributed by atoms with van der Waals surface area (Å²) < 4.78 is 4.70. The second-order valence-corrected chi connectivity index (χ2v) is 5.65. The number of benzene rings is 1. The van der Waals surface area contributed by atoms with Crippen LogP contribution in [-0.2, 0) is 20.7 Å². The molecule has 0 aromatic heterocycles. The lowest BCUT2D eigenvalue weighted by Gasteiger charge is -2.19. The van der Waals surface area contributed by atoms with Gasteiger partial charge < -0.3 is 15.8 Å². The summed E-state index contributed by atoms with van der Waals surface area (Å²) in [5.74, 6) is -0.0202. The Kier molecular flexibility index (Phi) is 7.85.